The number of anilines is 1. The molecule has 0 radical (unpaired) electrons. The summed E-state index contributed by atoms with van der Waals surface area (Å²) < 4.78 is 14.9. The summed E-state index contributed by atoms with van der Waals surface area (Å²) in [5, 5.41) is 0. The van der Waals surface area contributed by atoms with E-state index < -0.39 is 5.82 Å². The lowest BCUT2D eigenvalue weighted by molar-refractivity contribution is 0.572. The third-order valence-corrected chi connectivity index (χ3v) is 2.63. The number of hydrogen-bond donors (Lipinski definition) is 1. The lowest BCUT2D eigenvalue weighted by Gasteiger charge is -2.14. The molecular formula is C13H16FN3. The van der Waals surface area contributed by atoms with E-state index in [0.29, 0.717) is 0 Å². The maximum Gasteiger partial charge on any atom is 0.146 e. The zero-order valence-electron chi connectivity index (χ0n) is 10.2. The molecule has 2 rings (SSSR count). The van der Waals surface area contributed by atoms with Crippen molar-refractivity contribution in [1.82, 2.24) is 9.55 Å². The number of hydrogen-bond acceptors (Lipinski definition) is 2. The second-order valence-corrected chi connectivity index (χ2v) is 5.12. The Morgan fingerprint density at radius 2 is 2.00 bits per heavy atom. The molecule has 0 aliphatic carbocycles. The Labute approximate surface area is 100 Å². The van der Waals surface area contributed by atoms with E-state index in [9.17, 15) is 4.39 Å². The highest BCUT2D eigenvalue weighted by Gasteiger charge is 2.16. The van der Waals surface area contributed by atoms with Crippen molar-refractivity contribution in [3.05, 3.63) is 42.2 Å². The van der Waals surface area contributed by atoms with E-state index in [4.69, 9.17) is 5.73 Å². The Balaban J connectivity index is 2.40. The summed E-state index contributed by atoms with van der Waals surface area (Å²) in [6, 6.07) is 4.64. The molecule has 0 unspecified atom stereocenters. The van der Waals surface area contributed by atoms with E-state index in [0.717, 1.165) is 11.4 Å². The summed E-state index contributed by atoms with van der Waals surface area (Å²) in [6.45, 7) is 6.29. The SMILES string of the molecule is CC(C)(C)c1cn(-c2ccc(F)c(N)c2)cn1. The molecule has 0 aliphatic heterocycles. The number of nitrogens with two attached hydrogens (primary N) is 1. The summed E-state index contributed by atoms with van der Waals surface area (Å²) in [4.78, 5) is 4.34. The Hall–Kier alpha value is -1.84. The molecule has 17 heavy (non-hydrogen) atoms. The number of halogens is 1. The predicted molar refractivity (Wildman–Crippen MR) is 66.6 cm³/mol. The highest BCUT2D eigenvalue weighted by molar-refractivity contribution is 5.49. The van der Waals surface area contributed by atoms with Crippen LogP contribution in [0.25, 0.3) is 5.69 Å². The molecule has 1 aromatic carbocycles. The van der Waals surface area contributed by atoms with Gasteiger partial charge in [-0.1, -0.05) is 20.8 Å². The first-order valence-corrected chi connectivity index (χ1v) is 5.48. The van der Waals surface area contributed by atoms with Crippen LogP contribution in [0.1, 0.15) is 26.5 Å². The molecular weight excluding hydrogens is 217 g/mol. The van der Waals surface area contributed by atoms with Gasteiger partial charge in [-0.3, -0.25) is 0 Å². The second kappa shape index (κ2) is 3.87. The number of nitrogens with zero attached hydrogens (tertiary/aromatic N) is 2. The van der Waals surface area contributed by atoms with Crippen LogP contribution in [0, 0.1) is 5.82 Å². The van der Waals surface area contributed by atoms with Crippen molar-refractivity contribution in [1.29, 1.82) is 0 Å². The third kappa shape index (κ3) is 2.30. The average molecular weight is 233 g/mol. The van der Waals surface area contributed by atoms with Crippen LogP contribution in [-0.2, 0) is 5.41 Å². The minimum atomic E-state index is -0.398. The van der Waals surface area contributed by atoms with Gasteiger partial charge in [-0.25, -0.2) is 9.37 Å². The van der Waals surface area contributed by atoms with Crippen LogP contribution in [0.2, 0.25) is 0 Å². The largest absolute Gasteiger partial charge is 0.396 e. The molecule has 2 aromatic rings. The predicted octanol–water partition coefficient (Wildman–Crippen LogP) is 2.89. The zero-order chi connectivity index (χ0) is 12.6. The van der Waals surface area contributed by atoms with Crippen molar-refractivity contribution in [3.8, 4) is 5.69 Å². The monoisotopic (exact) mass is 233 g/mol. The molecule has 0 amide bonds. The molecule has 1 heterocycles. The smallest absolute Gasteiger partial charge is 0.146 e. The van der Waals surface area contributed by atoms with Gasteiger partial charge < -0.3 is 10.3 Å². The van der Waals surface area contributed by atoms with Gasteiger partial charge in [0.15, 0.2) is 0 Å². The van der Waals surface area contributed by atoms with Crippen molar-refractivity contribution in [2.75, 3.05) is 5.73 Å². The topological polar surface area (TPSA) is 43.8 Å². The average Bonchev–Trinajstić information content (AvgIpc) is 2.70. The minimum Gasteiger partial charge on any atom is -0.396 e. The van der Waals surface area contributed by atoms with Gasteiger partial charge in [0.1, 0.15) is 5.82 Å². The van der Waals surface area contributed by atoms with Crippen molar-refractivity contribution < 1.29 is 4.39 Å². The van der Waals surface area contributed by atoms with Crippen molar-refractivity contribution in [3.63, 3.8) is 0 Å². The molecule has 2 N–H and O–H groups in total. The molecule has 0 atom stereocenters. The normalized spacial score (nSPS) is 11.8. The molecule has 0 bridgehead atoms. The molecule has 1 aromatic heterocycles. The maximum absolute atomic E-state index is 13.1. The molecule has 0 spiro atoms. The van der Waals surface area contributed by atoms with Gasteiger partial charge in [0.2, 0.25) is 0 Å². The van der Waals surface area contributed by atoms with E-state index >= 15 is 0 Å². The maximum atomic E-state index is 13.1. The number of benzene rings is 1. The van der Waals surface area contributed by atoms with Gasteiger partial charge in [0, 0.05) is 17.3 Å². The number of nitrogen functional groups attached to an aromatic ring is 1. The molecule has 0 aliphatic rings. The van der Waals surface area contributed by atoms with E-state index in [1.54, 1.807) is 18.5 Å². The van der Waals surface area contributed by atoms with Crippen LogP contribution >= 0.6 is 0 Å². The van der Waals surface area contributed by atoms with E-state index in [1.807, 2.05) is 10.8 Å². The quantitative estimate of drug-likeness (QED) is 0.770. The molecule has 0 fully saturated rings. The van der Waals surface area contributed by atoms with Crippen LogP contribution in [-0.4, -0.2) is 9.55 Å². The van der Waals surface area contributed by atoms with Crippen LogP contribution in [0.5, 0.6) is 0 Å². The Morgan fingerprint density at radius 3 is 2.53 bits per heavy atom. The van der Waals surface area contributed by atoms with Crippen molar-refractivity contribution >= 4 is 5.69 Å². The first-order valence-electron chi connectivity index (χ1n) is 5.48. The molecule has 90 valence electrons. The first kappa shape index (κ1) is 11.6. The van der Waals surface area contributed by atoms with Gasteiger partial charge in [0.05, 0.1) is 17.7 Å². The van der Waals surface area contributed by atoms with Gasteiger partial charge in [0.25, 0.3) is 0 Å². The number of aromatic nitrogens is 2. The molecule has 4 heteroatoms. The summed E-state index contributed by atoms with van der Waals surface area (Å²) in [5.41, 5.74) is 7.48. The fourth-order valence-corrected chi connectivity index (χ4v) is 1.54. The van der Waals surface area contributed by atoms with E-state index in [-0.39, 0.29) is 11.1 Å². The van der Waals surface area contributed by atoms with Crippen LogP contribution in [0.15, 0.2) is 30.7 Å². The Kier molecular flexibility index (Phi) is 2.65. The van der Waals surface area contributed by atoms with Crippen molar-refractivity contribution in [2.45, 2.75) is 26.2 Å². The third-order valence-electron chi connectivity index (χ3n) is 2.63. The van der Waals surface area contributed by atoms with Gasteiger partial charge in [-0.2, -0.15) is 0 Å². The van der Waals surface area contributed by atoms with E-state index in [2.05, 4.69) is 25.8 Å². The summed E-state index contributed by atoms with van der Waals surface area (Å²) >= 11 is 0. The highest BCUT2D eigenvalue weighted by atomic mass is 19.1. The fourth-order valence-electron chi connectivity index (χ4n) is 1.54. The van der Waals surface area contributed by atoms with Gasteiger partial charge in [-0.05, 0) is 18.2 Å². The standard InChI is InChI=1S/C13H16FN3/c1-13(2,3)12-7-17(8-16-12)9-4-5-10(14)11(15)6-9/h4-8H,15H2,1-3H3. The number of imidazole rings is 1. The number of rotatable bonds is 1. The summed E-state index contributed by atoms with van der Waals surface area (Å²) in [6.07, 6.45) is 3.65. The lowest BCUT2D eigenvalue weighted by atomic mass is 9.93. The zero-order valence-corrected chi connectivity index (χ0v) is 10.2. The van der Waals surface area contributed by atoms with Crippen LogP contribution in [0.3, 0.4) is 0 Å². The van der Waals surface area contributed by atoms with Gasteiger partial charge in [-0.15, -0.1) is 0 Å². The van der Waals surface area contributed by atoms with Gasteiger partial charge >= 0.3 is 0 Å². The molecule has 0 saturated heterocycles. The lowest BCUT2D eigenvalue weighted by Crippen LogP contribution is -2.11. The van der Waals surface area contributed by atoms with E-state index in [1.165, 1.54) is 6.07 Å². The minimum absolute atomic E-state index is 0.00315. The van der Waals surface area contributed by atoms with Crippen LogP contribution in [0.4, 0.5) is 10.1 Å². The second-order valence-electron chi connectivity index (χ2n) is 5.12. The van der Waals surface area contributed by atoms with Crippen LogP contribution < -0.4 is 5.73 Å². The Morgan fingerprint density at radius 1 is 1.29 bits per heavy atom. The molecule has 0 saturated carbocycles. The highest BCUT2D eigenvalue weighted by Crippen LogP contribution is 2.22. The summed E-state index contributed by atoms with van der Waals surface area (Å²) in [7, 11) is 0. The molecule has 3 nitrogen and oxygen atoms in total. The summed E-state index contributed by atoms with van der Waals surface area (Å²) in [5.74, 6) is -0.398. The first-order chi connectivity index (χ1) is 7.88. The fraction of sp³-hybridized carbons (Fsp3) is 0.308. The Bertz CT molecular complexity index is 538. The van der Waals surface area contributed by atoms with Crippen molar-refractivity contribution in [2.24, 2.45) is 0 Å².